The first-order valence-electron chi connectivity index (χ1n) is 7.56. The summed E-state index contributed by atoms with van der Waals surface area (Å²) in [5.74, 6) is -1.70. The van der Waals surface area contributed by atoms with Crippen LogP contribution in [-0.2, 0) is 17.8 Å². The minimum atomic E-state index is -0.539. The second-order valence-corrected chi connectivity index (χ2v) is 6.30. The van der Waals surface area contributed by atoms with Crippen molar-refractivity contribution < 1.29 is 18.0 Å². The van der Waals surface area contributed by atoms with E-state index in [-0.39, 0.29) is 36.7 Å². The monoisotopic (exact) mass is 399 g/mol. The number of aryl methyl sites for hydroxylation is 1. The SMILES string of the molecule is CCN(Cc1cc(Br)ccc1F)C(=O)CCc1cc(F)ccc1F. The van der Waals surface area contributed by atoms with Crippen LogP contribution in [0.4, 0.5) is 13.2 Å². The summed E-state index contributed by atoms with van der Waals surface area (Å²) in [5, 5.41) is 0. The minimum absolute atomic E-state index is 0.0316. The summed E-state index contributed by atoms with van der Waals surface area (Å²) >= 11 is 3.27. The van der Waals surface area contributed by atoms with Gasteiger partial charge in [0.25, 0.3) is 0 Å². The lowest BCUT2D eigenvalue weighted by atomic mass is 10.1. The molecule has 24 heavy (non-hydrogen) atoms. The number of rotatable bonds is 6. The fraction of sp³-hybridized carbons (Fsp3) is 0.278. The Hall–Kier alpha value is -1.82. The van der Waals surface area contributed by atoms with Crippen molar-refractivity contribution >= 4 is 21.8 Å². The van der Waals surface area contributed by atoms with Gasteiger partial charge in [-0.15, -0.1) is 0 Å². The molecule has 0 aliphatic carbocycles. The van der Waals surface area contributed by atoms with E-state index >= 15 is 0 Å². The van der Waals surface area contributed by atoms with E-state index in [1.54, 1.807) is 19.1 Å². The quantitative estimate of drug-likeness (QED) is 0.679. The number of hydrogen-bond donors (Lipinski definition) is 0. The Morgan fingerprint density at radius 2 is 1.71 bits per heavy atom. The summed E-state index contributed by atoms with van der Waals surface area (Å²) in [6.07, 6.45) is 0.129. The standard InChI is InChI=1S/C18H17BrF3NO/c1-2-23(11-13-9-14(19)4-6-17(13)22)18(24)8-3-12-10-15(20)5-7-16(12)21/h4-7,9-10H,2-3,8,11H2,1H3. The van der Waals surface area contributed by atoms with Crippen LogP contribution in [0.5, 0.6) is 0 Å². The van der Waals surface area contributed by atoms with Crippen molar-refractivity contribution in [2.45, 2.75) is 26.3 Å². The van der Waals surface area contributed by atoms with E-state index < -0.39 is 11.6 Å². The normalized spacial score (nSPS) is 10.7. The van der Waals surface area contributed by atoms with E-state index in [9.17, 15) is 18.0 Å². The molecular weight excluding hydrogens is 383 g/mol. The molecule has 0 aliphatic rings. The van der Waals surface area contributed by atoms with Gasteiger partial charge in [-0.2, -0.15) is 0 Å². The molecule has 2 nitrogen and oxygen atoms in total. The zero-order chi connectivity index (χ0) is 17.7. The van der Waals surface area contributed by atoms with E-state index in [1.807, 2.05) is 0 Å². The average molecular weight is 400 g/mol. The fourth-order valence-corrected chi connectivity index (χ4v) is 2.79. The number of halogens is 4. The Bertz CT molecular complexity index is 736. The van der Waals surface area contributed by atoms with Gasteiger partial charge >= 0.3 is 0 Å². The highest BCUT2D eigenvalue weighted by Gasteiger charge is 2.15. The van der Waals surface area contributed by atoms with Crippen molar-refractivity contribution in [2.24, 2.45) is 0 Å². The van der Waals surface area contributed by atoms with Crippen molar-refractivity contribution in [3.63, 3.8) is 0 Å². The lowest BCUT2D eigenvalue weighted by Crippen LogP contribution is -2.30. The van der Waals surface area contributed by atoms with Crippen LogP contribution in [0.3, 0.4) is 0 Å². The molecule has 0 radical (unpaired) electrons. The molecule has 0 bridgehead atoms. The number of hydrogen-bond acceptors (Lipinski definition) is 1. The van der Waals surface area contributed by atoms with Gasteiger partial charge in [-0.3, -0.25) is 4.79 Å². The maximum atomic E-state index is 13.8. The van der Waals surface area contributed by atoms with E-state index in [0.717, 1.165) is 22.7 Å². The van der Waals surface area contributed by atoms with Crippen molar-refractivity contribution in [3.05, 3.63) is 69.4 Å². The zero-order valence-electron chi connectivity index (χ0n) is 13.2. The molecule has 2 aromatic rings. The van der Waals surface area contributed by atoms with Gasteiger partial charge in [-0.25, -0.2) is 13.2 Å². The summed E-state index contributed by atoms with van der Waals surface area (Å²) < 4.78 is 41.3. The Morgan fingerprint density at radius 3 is 2.42 bits per heavy atom. The Labute approximate surface area is 147 Å². The van der Waals surface area contributed by atoms with Crippen LogP contribution in [0, 0.1) is 17.5 Å². The first kappa shape index (κ1) is 18.5. The number of amides is 1. The van der Waals surface area contributed by atoms with Gasteiger partial charge in [0.05, 0.1) is 0 Å². The molecule has 0 heterocycles. The molecule has 2 rings (SSSR count). The molecule has 0 N–H and O–H groups in total. The summed E-state index contributed by atoms with van der Waals surface area (Å²) in [7, 11) is 0. The van der Waals surface area contributed by atoms with Gasteiger partial charge < -0.3 is 4.90 Å². The van der Waals surface area contributed by atoms with Crippen LogP contribution in [-0.4, -0.2) is 17.4 Å². The molecule has 0 saturated heterocycles. The van der Waals surface area contributed by atoms with Crippen LogP contribution < -0.4 is 0 Å². The zero-order valence-corrected chi connectivity index (χ0v) is 14.7. The van der Waals surface area contributed by atoms with Gasteiger partial charge in [-0.1, -0.05) is 15.9 Å². The van der Waals surface area contributed by atoms with Crippen molar-refractivity contribution in [1.82, 2.24) is 4.90 Å². The molecule has 128 valence electrons. The highest BCUT2D eigenvalue weighted by atomic mass is 79.9. The third kappa shape index (κ3) is 4.84. The van der Waals surface area contributed by atoms with Gasteiger partial charge in [0.2, 0.25) is 5.91 Å². The minimum Gasteiger partial charge on any atom is -0.339 e. The van der Waals surface area contributed by atoms with Crippen LogP contribution in [0.25, 0.3) is 0 Å². The topological polar surface area (TPSA) is 20.3 Å². The highest BCUT2D eigenvalue weighted by molar-refractivity contribution is 9.10. The molecule has 0 spiro atoms. The van der Waals surface area contributed by atoms with Crippen LogP contribution in [0.15, 0.2) is 40.9 Å². The molecule has 0 saturated carbocycles. The van der Waals surface area contributed by atoms with Crippen LogP contribution in [0.1, 0.15) is 24.5 Å². The maximum Gasteiger partial charge on any atom is 0.223 e. The lowest BCUT2D eigenvalue weighted by Gasteiger charge is -2.21. The van der Waals surface area contributed by atoms with Crippen molar-refractivity contribution in [3.8, 4) is 0 Å². The van der Waals surface area contributed by atoms with Gasteiger partial charge in [0.15, 0.2) is 0 Å². The first-order valence-corrected chi connectivity index (χ1v) is 8.35. The van der Waals surface area contributed by atoms with E-state index in [2.05, 4.69) is 15.9 Å². The molecule has 0 aromatic heterocycles. The highest BCUT2D eigenvalue weighted by Crippen LogP contribution is 2.18. The fourth-order valence-electron chi connectivity index (χ4n) is 2.38. The van der Waals surface area contributed by atoms with Gasteiger partial charge in [-0.05, 0) is 55.3 Å². The Kier molecular flexibility index (Phi) is 6.43. The Balaban J connectivity index is 2.03. The largest absolute Gasteiger partial charge is 0.339 e. The van der Waals surface area contributed by atoms with Gasteiger partial charge in [0, 0.05) is 29.5 Å². The predicted molar refractivity (Wildman–Crippen MR) is 89.9 cm³/mol. The van der Waals surface area contributed by atoms with E-state index in [4.69, 9.17) is 0 Å². The summed E-state index contributed by atoms with van der Waals surface area (Å²) in [6.45, 7) is 2.32. The summed E-state index contributed by atoms with van der Waals surface area (Å²) in [5.41, 5.74) is 0.560. The van der Waals surface area contributed by atoms with Crippen molar-refractivity contribution in [2.75, 3.05) is 6.54 Å². The third-order valence-corrected chi connectivity index (χ3v) is 4.21. The first-order chi connectivity index (χ1) is 11.4. The second kappa shape index (κ2) is 8.33. The number of benzene rings is 2. The van der Waals surface area contributed by atoms with E-state index in [1.165, 1.54) is 11.0 Å². The molecule has 0 unspecified atom stereocenters. The molecule has 2 aromatic carbocycles. The number of nitrogens with zero attached hydrogens (tertiary/aromatic N) is 1. The third-order valence-electron chi connectivity index (χ3n) is 3.72. The molecule has 1 amide bonds. The maximum absolute atomic E-state index is 13.8. The van der Waals surface area contributed by atoms with E-state index in [0.29, 0.717) is 12.1 Å². The second-order valence-electron chi connectivity index (χ2n) is 5.38. The average Bonchev–Trinajstić information content (AvgIpc) is 2.56. The molecule has 0 fully saturated rings. The summed E-state index contributed by atoms with van der Waals surface area (Å²) in [6, 6.07) is 7.71. The number of carbonyl (C=O) groups excluding carboxylic acids is 1. The van der Waals surface area contributed by atoms with Crippen LogP contribution >= 0.6 is 15.9 Å². The van der Waals surface area contributed by atoms with Crippen LogP contribution in [0.2, 0.25) is 0 Å². The summed E-state index contributed by atoms with van der Waals surface area (Å²) in [4.78, 5) is 13.8. The Morgan fingerprint density at radius 1 is 1.04 bits per heavy atom. The van der Waals surface area contributed by atoms with Crippen molar-refractivity contribution in [1.29, 1.82) is 0 Å². The van der Waals surface area contributed by atoms with Gasteiger partial charge in [0.1, 0.15) is 17.5 Å². The lowest BCUT2D eigenvalue weighted by molar-refractivity contribution is -0.131. The predicted octanol–water partition coefficient (Wildman–Crippen LogP) is 4.85. The molecular formula is C18H17BrF3NO. The number of carbonyl (C=O) groups is 1. The molecule has 6 heteroatoms. The molecule has 0 aliphatic heterocycles. The molecule has 0 atom stereocenters. The smallest absolute Gasteiger partial charge is 0.223 e.